The summed E-state index contributed by atoms with van der Waals surface area (Å²) in [6.45, 7) is 9.86. The van der Waals surface area contributed by atoms with Gasteiger partial charge in [-0.05, 0) is 26.3 Å². The van der Waals surface area contributed by atoms with Crippen LogP contribution in [0, 0.1) is 0 Å². The van der Waals surface area contributed by atoms with E-state index in [9.17, 15) is 4.79 Å². The van der Waals surface area contributed by atoms with E-state index in [0.717, 1.165) is 26.1 Å². The summed E-state index contributed by atoms with van der Waals surface area (Å²) in [7, 11) is 0. The second-order valence-corrected chi connectivity index (χ2v) is 5.43. The lowest BCUT2D eigenvalue weighted by Gasteiger charge is -2.39. The van der Waals surface area contributed by atoms with Crippen LogP contribution in [-0.4, -0.2) is 52.3 Å². The highest BCUT2D eigenvalue weighted by Gasteiger charge is 2.37. The molecule has 0 bridgehead atoms. The summed E-state index contributed by atoms with van der Waals surface area (Å²) in [6.07, 6.45) is 2.68. The van der Waals surface area contributed by atoms with Gasteiger partial charge in [-0.2, -0.15) is 5.10 Å². The number of hydrogen-bond donors (Lipinski definition) is 0. The Hall–Kier alpha value is -1.20. The zero-order valence-electron chi connectivity index (χ0n) is 12.1. The molecule has 1 saturated heterocycles. The van der Waals surface area contributed by atoms with E-state index in [-0.39, 0.29) is 5.78 Å². The number of aryl methyl sites for hydroxylation is 1. The Morgan fingerprint density at radius 3 is 2.74 bits per heavy atom. The number of morpholine rings is 1. The molecule has 0 N–H and O–H groups in total. The molecule has 5 heteroatoms. The van der Waals surface area contributed by atoms with Crippen LogP contribution in [0.1, 0.15) is 37.7 Å². The topological polar surface area (TPSA) is 47.4 Å². The van der Waals surface area contributed by atoms with Crippen LogP contribution in [0.4, 0.5) is 0 Å². The van der Waals surface area contributed by atoms with Crippen LogP contribution in [0.5, 0.6) is 0 Å². The van der Waals surface area contributed by atoms with Gasteiger partial charge in [-0.25, -0.2) is 0 Å². The molecule has 0 unspecified atom stereocenters. The van der Waals surface area contributed by atoms with Crippen molar-refractivity contribution in [2.45, 2.75) is 39.3 Å². The van der Waals surface area contributed by atoms with Crippen molar-refractivity contribution in [2.24, 2.45) is 0 Å². The summed E-state index contributed by atoms with van der Waals surface area (Å²) in [6, 6.07) is 1.82. The van der Waals surface area contributed by atoms with Crippen molar-refractivity contribution in [1.82, 2.24) is 14.7 Å². The first-order valence-electron chi connectivity index (χ1n) is 6.96. The quantitative estimate of drug-likeness (QED) is 0.759. The molecule has 1 aromatic rings. The smallest absolute Gasteiger partial charge is 0.200 e. The molecule has 0 saturated carbocycles. The van der Waals surface area contributed by atoms with E-state index >= 15 is 0 Å². The first-order chi connectivity index (χ1) is 9.07. The number of rotatable bonds is 5. The molecule has 2 heterocycles. The number of aromatic nitrogens is 2. The van der Waals surface area contributed by atoms with Gasteiger partial charge < -0.3 is 4.74 Å². The molecule has 1 aromatic heterocycles. The van der Waals surface area contributed by atoms with Crippen LogP contribution in [-0.2, 0) is 11.3 Å². The summed E-state index contributed by atoms with van der Waals surface area (Å²) in [4.78, 5) is 15.0. The van der Waals surface area contributed by atoms with Crippen molar-refractivity contribution in [3.63, 3.8) is 0 Å². The third-order valence-corrected chi connectivity index (χ3v) is 3.74. The van der Waals surface area contributed by atoms with Gasteiger partial charge in [0, 0.05) is 25.8 Å². The summed E-state index contributed by atoms with van der Waals surface area (Å²) in [5.41, 5.74) is 0.202. The Morgan fingerprint density at radius 2 is 2.11 bits per heavy atom. The van der Waals surface area contributed by atoms with Gasteiger partial charge in [0.25, 0.3) is 0 Å². The molecule has 0 aliphatic carbocycles. The molecule has 2 rings (SSSR count). The van der Waals surface area contributed by atoms with Crippen LogP contribution >= 0.6 is 0 Å². The minimum Gasteiger partial charge on any atom is -0.379 e. The van der Waals surface area contributed by atoms with Crippen LogP contribution in [0.25, 0.3) is 0 Å². The van der Waals surface area contributed by atoms with Gasteiger partial charge in [-0.15, -0.1) is 0 Å². The minimum atomic E-state index is -0.505. The third kappa shape index (κ3) is 2.87. The summed E-state index contributed by atoms with van der Waals surface area (Å²) in [5, 5.41) is 4.24. The summed E-state index contributed by atoms with van der Waals surface area (Å²) < 4.78 is 7.17. The maximum atomic E-state index is 12.8. The minimum absolute atomic E-state index is 0.139. The molecule has 1 fully saturated rings. The molecule has 0 spiro atoms. The first-order valence-corrected chi connectivity index (χ1v) is 6.96. The largest absolute Gasteiger partial charge is 0.379 e. The molecule has 19 heavy (non-hydrogen) atoms. The Morgan fingerprint density at radius 1 is 1.42 bits per heavy atom. The SMILES string of the molecule is CCCn1nccc1C(=O)C(C)(C)N1CCOCC1. The average Bonchev–Trinajstić information content (AvgIpc) is 2.87. The number of ether oxygens (including phenoxy) is 1. The van der Waals surface area contributed by atoms with E-state index in [1.165, 1.54) is 0 Å². The van der Waals surface area contributed by atoms with Gasteiger partial charge in [0.15, 0.2) is 5.78 Å². The third-order valence-electron chi connectivity index (χ3n) is 3.74. The molecule has 1 aliphatic heterocycles. The Bertz CT molecular complexity index is 434. The molecular weight excluding hydrogens is 242 g/mol. The highest BCUT2D eigenvalue weighted by Crippen LogP contribution is 2.21. The monoisotopic (exact) mass is 265 g/mol. The van der Waals surface area contributed by atoms with E-state index in [0.29, 0.717) is 18.9 Å². The molecular formula is C14H23N3O2. The fourth-order valence-corrected chi connectivity index (χ4v) is 2.49. The maximum Gasteiger partial charge on any atom is 0.200 e. The highest BCUT2D eigenvalue weighted by molar-refractivity contribution is 6.01. The van der Waals surface area contributed by atoms with Gasteiger partial charge in [0.2, 0.25) is 0 Å². The zero-order valence-corrected chi connectivity index (χ0v) is 12.1. The molecule has 1 aliphatic rings. The molecule has 0 radical (unpaired) electrons. The van der Waals surface area contributed by atoms with Crippen LogP contribution in [0.2, 0.25) is 0 Å². The average molecular weight is 265 g/mol. The fourth-order valence-electron chi connectivity index (χ4n) is 2.49. The van der Waals surface area contributed by atoms with Gasteiger partial charge in [0.1, 0.15) is 5.69 Å². The number of nitrogens with zero attached hydrogens (tertiary/aromatic N) is 3. The number of Topliss-reactive ketones (excluding diaryl/α,β-unsaturated/α-hetero) is 1. The highest BCUT2D eigenvalue weighted by atomic mass is 16.5. The maximum absolute atomic E-state index is 12.8. The van der Waals surface area contributed by atoms with Crippen molar-refractivity contribution < 1.29 is 9.53 Å². The van der Waals surface area contributed by atoms with Gasteiger partial charge >= 0.3 is 0 Å². The second kappa shape index (κ2) is 5.84. The van der Waals surface area contributed by atoms with E-state index in [2.05, 4.69) is 16.9 Å². The number of carbonyl (C=O) groups is 1. The van der Waals surface area contributed by atoms with E-state index < -0.39 is 5.54 Å². The predicted molar refractivity (Wildman–Crippen MR) is 73.3 cm³/mol. The Kier molecular flexibility index (Phi) is 4.37. The second-order valence-electron chi connectivity index (χ2n) is 5.43. The van der Waals surface area contributed by atoms with Gasteiger partial charge in [0.05, 0.1) is 18.8 Å². The predicted octanol–water partition coefficient (Wildman–Crippen LogP) is 1.59. The number of ketones is 1. The van der Waals surface area contributed by atoms with Crippen molar-refractivity contribution in [3.8, 4) is 0 Å². The van der Waals surface area contributed by atoms with E-state index in [1.54, 1.807) is 6.20 Å². The van der Waals surface area contributed by atoms with Crippen LogP contribution in [0.15, 0.2) is 12.3 Å². The van der Waals surface area contributed by atoms with Crippen LogP contribution in [0.3, 0.4) is 0 Å². The molecule has 0 atom stereocenters. The lowest BCUT2D eigenvalue weighted by atomic mass is 9.93. The standard InChI is InChI=1S/C14H23N3O2/c1-4-7-17-12(5-6-15-17)13(18)14(2,3)16-8-10-19-11-9-16/h5-6H,4,7-11H2,1-3H3. The Balaban J connectivity index is 2.18. The first kappa shape index (κ1) is 14.2. The van der Waals surface area contributed by atoms with Crippen molar-refractivity contribution in [3.05, 3.63) is 18.0 Å². The molecule has 0 aromatic carbocycles. The van der Waals surface area contributed by atoms with Crippen LogP contribution < -0.4 is 0 Å². The number of carbonyl (C=O) groups excluding carboxylic acids is 1. The lowest BCUT2D eigenvalue weighted by Crippen LogP contribution is -2.54. The van der Waals surface area contributed by atoms with Gasteiger partial charge in [-0.1, -0.05) is 6.92 Å². The normalized spacial score (nSPS) is 17.6. The van der Waals surface area contributed by atoms with E-state index in [1.807, 2.05) is 24.6 Å². The summed E-state index contributed by atoms with van der Waals surface area (Å²) in [5.74, 6) is 0.139. The zero-order chi connectivity index (χ0) is 13.9. The Labute approximate surface area is 114 Å². The summed E-state index contributed by atoms with van der Waals surface area (Å²) >= 11 is 0. The van der Waals surface area contributed by atoms with Gasteiger partial charge in [-0.3, -0.25) is 14.4 Å². The van der Waals surface area contributed by atoms with E-state index in [4.69, 9.17) is 4.74 Å². The fraction of sp³-hybridized carbons (Fsp3) is 0.714. The molecule has 106 valence electrons. The van der Waals surface area contributed by atoms with Crippen molar-refractivity contribution >= 4 is 5.78 Å². The lowest BCUT2D eigenvalue weighted by molar-refractivity contribution is -0.00466. The van der Waals surface area contributed by atoms with Crippen molar-refractivity contribution in [2.75, 3.05) is 26.3 Å². The number of hydrogen-bond acceptors (Lipinski definition) is 4. The van der Waals surface area contributed by atoms with Crippen molar-refractivity contribution in [1.29, 1.82) is 0 Å². The molecule has 5 nitrogen and oxygen atoms in total. The molecule has 0 amide bonds.